The van der Waals surface area contributed by atoms with Crippen molar-refractivity contribution >= 4 is 17.6 Å². The third-order valence-electron chi connectivity index (χ3n) is 6.41. The summed E-state index contributed by atoms with van der Waals surface area (Å²) in [6.45, 7) is 5.68. The fourth-order valence-electron chi connectivity index (χ4n) is 4.54. The number of anilines is 1. The molecule has 150 valence electrons. The topological polar surface area (TPSA) is 113 Å². The van der Waals surface area contributed by atoms with E-state index in [4.69, 9.17) is 0 Å². The lowest BCUT2D eigenvalue weighted by atomic mass is 9.68. The highest BCUT2D eigenvalue weighted by Gasteiger charge is 2.51. The monoisotopic (exact) mass is 392 g/mol. The first-order valence-electron chi connectivity index (χ1n) is 9.85. The average Bonchev–Trinajstić information content (AvgIpc) is 3.15. The molecule has 2 aliphatic rings. The van der Waals surface area contributed by atoms with Gasteiger partial charge in [0, 0.05) is 29.1 Å². The van der Waals surface area contributed by atoms with Gasteiger partial charge in [-0.25, -0.2) is 4.68 Å². The molecule has 4 rings (SSSR count). The van der Waals surface area contributed by atoms with Crippen molar-refractivity contribution in [2.45, 2.75) is 46.1 Å². The van der Waals surface area contributed by atoms with Crippen molar-refractivity contribution in [2.75, 3.05) is 5.32 Å². The lowest BCUT2D eigenvalue weighted by Crippen LogP contribution is -2.39. The van der Waals surface area contributed by atoms with Crippen LogP contribution in [0.1, 0.15) is 44.4 Å². The number of hydrogen-bond donors (Lipinski definition) is 2. The molecule has 3 heterocycles. The summed E-state index contributed by atoms with van der Waals surface area (Å²) in [6, 6.07) is 5.82. The highest BCUT2D eigenvalue weighted by atomic mass is 16.2. The van der Waals surface area contributed by atoms with E-state index < -0.39 is 5.41 Å². The molecule has 2 aromatic heterocycles. The highest BCUT2D eigenvalue weighted by Crippen LogP contribution is 2.45. The van der Waals surface area contributed by atoms with Crippen molar-refractivity contribution in [2.24, 2.45) is 17.3 Å². The van der Waals surface area contributed by atoms with Crippen LogP contribution in [0.4, 0.5) is 5.82 Å². The van der Waals surface area contributed by atoms with Crippen molar-refractivity contribution in [3.8, 4) is 11.8 Å². The minimum absolute atomic E-state index is 0.0673. The lowest BCUT2D eigenvalue weighted by molar-refractivity contribution is -0.128. The van der Waals surface area contributed by atoms with E-state index in [0.29, 0.717) is 29.9 Å². The Hall–Kier alpha value is -3.21. The van der Waals surface area contributed by atoms with E-state index in [1.807, 2.05) is 19.9 Å². The van der Waals surface area contributed by atoms with Crippen LogP contribution in [-0.2, 0) is 9.59 Å². The third kappa shape index (κ3) is 3.16. The van der Waals surface area contributed by atoms with Gasteiger partial charge >= 0.3 is 0 Å². The Bertz CT molecular complexity index is 1000. The first-order chi connectivity index (χ1) is 13.8. The average molecular weight is 392 g/mol. The minimum atomic E-state index is -0.467. The molecule has 1 aliphatic heterocycles. The van der Waals surface area contributed by atoms with Crippen molar-refractivity contribution in [3.63, 3.8) is 0 Å². The molecule has 0 radical (unpaired) electrons. The van der Waals surface area contributed by atoms with Crippen LogP contribution in [0.15, 0.2) is 24.5 Å². The van der Waals surface area contributed by atoms with Gasteiger partial charge in [0.05, 0.1) is 11.9 Å². The Kier molecular flexibility index (Phi) is 4.61. The first-order valence-corrected chi connectivity index (χ1v) is 9.85. The molecule has 2 fully saturated rings. The maximum Gasteiger partial charge on any atom is 0.228 e. The molecule has 3 unspecified atom stereocenters. The third-order valence-corrected chi connectivity index (χ3v) is 6.41. The highest BCUT2D eigenvalue weighted by molar-refractivity contribution is 5.93. The summed E-state index contributed by atoms with van der Waals surface area (Å²) in [5, 5.41) is 19.8. The molecule has 2 aromatic rings. The van der Waals surface area contributed by atoms with Gasteiger partial charge in [0.15, 0.2) is 5.69 Å². The Morgan fingerprint density at radius 1 is 1.41 bits per heavy atom. The number of fused-ring (bicyclic) bond motifs is 1. The molecule has 1 saturated carbocycles. The van der Waals surface area contributed by atoms with Gasteiger partial charge in [-0.1, -0.05) is 13.8 Å². The molecule has 8 heteroatoms. The van der Waals surface area contributed by atoms with Gasteiger partial charge < -0.3 is 10.6 Å². The van der Waals surface area contributed by atoms with Gasteiger partial charge in [0.25, 0.3) is 0 Å². The van der Waals surface area contributed by atoms with Crippen LogP contribution in [0, 0.1) is 35.5 Å². The molecular formula is C21H24N6O2. The fraction of sp³-hybridized carbons (Fsp3) is 0.476. The second kappa shape index (κ2) is 6.99. The van der Waals surface area contributed by atoms with E-state index in [1.54, 1.807) is 30.1 Å². The van der Waals surface area contributed by atoms with Gasteiger partial charge in [0.2, 0.25) is 11.8 Å². The molecule has 2 N–H and O–H groups in total. The Morgan fingerprint density at radius 3 is 2.90 bits per heavy atom. The number of rotatable bonds is 3. The number of pyridine rings is 1. The number of nitrogens with zero attached hydrogens (tertiary/aromatic N) is 4. The zero-order valence-electron chi connectivity index (χ0n) is 16.8. The van der Waals surface area contributed by atoms with Gasteiger partial charge in [-0.05, 0) is 44.2 Å². The summed E-state index contributed by atoms with van der Waals surface area (Å²) >= 11 is 0. The van der Waals surface area contributed by atoms with Crippen molar-refractivity contribution < 1.29 is 9.59 Å². The van der Waals surface area contributed by atoms with Crippen LogP contribution >= 0.6 is 0 Å². The molecule has 2 amide bonds. The smallest absolute Gasteiger partial charge is 0.228 e. The van der Waals surface area contributed by atoms with Gasteiger partial charge in [-0.15, -0.1) is 0 Å². The predicted octanol–water partition coefficient (Wildman–Crippen LogP) is 2.33. The number of aromatic nitrogens is 3. The van der Waals surface area contributed by atoms with Crippen LogP contribution < -0.4 is 10.6 Å². The van der Waals surface area contributed by atoms with Gasteiger partial charge in [-0.3, -0.25) is 14.6 Å². The molecule has 29 heavy (non-hydrogen) atoms. The van der Waals surface area contributed by atoms with Crippen molar-refractivity contribution in [1.82, 2.24) is 20.1 Å². The maximum atomic E-state index is 13.1. The van der Waals surface area contributed by atoms with Crippen LogP contribution in [-0.4, -0.2) is 32.6 Å². The molecular weight excluding hydrogens is 368 g/mol. The second-order valence-corrected chi connectivity index (χ2v) is 8.46. The molecule has 8 nitrogen and oxygen atoms in total. The summed E-state index contributed by atoms with van der Waals surface area (Å²) < 4.78 is 1.55. The zero-order chi connectivity index (χ0) is 20.8. The van der Waals surface area contributed by atoms with Gasteiger partial charge in [-0.2, -0.15) is 10.4 Å². The second-order valence-electron chi connectivity index (χ2n) is 8.46. The number of carbonyl (C=O) groups is 2. The summed E-state index contributed by atoms with van der Waals surface area (Å²) in [7, 11) is 0. The largest absolute Gasteiger partial charge is 0.353 e. The van der Waals surface area contributed by atoms with Crippen LogP contribution in [0.25, 0.3) is 5.69 Å². The van der Waals surface area contributed by atoms with E-state index in [2.05, 4.69) is 26.8 Å². The molecule has 0 spiro atoms. The number of nitriles is 1. The standard InChI is InChI=1S/C21H24N6O2/c1-12-17(10-22)26-27(14-5-4-8-23-11-14)18(12)25-19(28)13-6-7-16-15(9-13)21(2,3)20(29)24-16/h4-5,8,11,13,15-16H,6-7,9H2,1-3H3,(H,24,29)(H,25,28). The van der Waals surface area contributed by atoms with E-state index in [1.165, 1.54) is 0 Å². The Morgan fingerprint density at radius 2 is 2.21 bits per heavy atom. The fourth-order valence-corrected chi connectivity index (χ4v) is 4.54. The van der Waals surface area contributed by atoms with E-state index in [9.17, 15) is 14.9 Å². The summed E-state index contributed by atoms with van der Waals surface area (Å²) in [5.41, 5.74) is 1.09. The quantitative estimate of drug-likeness (QED) is 0.832. The van der Waals surface area contributed by atoms with E-state index in [0.717, 1.165) is 6.42 Å². The minimum Gasteiger partial charge on any atom is -0.353 e. The van der Waals surface area contributed by atoms with Crippen LogP contribution in [0.2, 0.25) is 0 Å². The Balaban J connectivity index is 1.59. The summed E-state index contributed by atoms with van der Waals surface area (Å²) in [5.74, 6) is 0.402. The lowest BCUT2D eigenvalue weighted by Gasteiger charge is -2.35. The molecule has 1 aliphatic carbocycles. The summed E-state index contributed by atoms with van der Waals surface area (Å²) in [4.78, 5) is 29.5. The SMILES string of the molecule is Cc1c(C#N)nn(-c2cccnc2)c1NC(=O)C1CCC2NC(=O)C(C)(C)C2C1. The number of amides is 2. The maximum absolute atomic E-state index is 13.1. The summed E-state index contributed by atoms with van der Waals surface area (Å²) in [6.07, 6.45) is 5.46. The normalized spacial score (nSPS) is 25.0. The zero-order valence-corrected chi connectivity index (χ0v) is 16.8. The number of nitrogens with one attached hydrogen (secondary N) is 2. The Labute approximate surface area is 169 Å². The number of hydrogen-bond acceptors (Lipinski definition) is 5. The predicted molar refractivity (Wildman–Crippen MR) is 106 cm³/mol. The van der Waals surface area contributed by atoms with Crippen molar-refractivity contribution in [3.05, 3.63) is 35.8 Å². The first kappa shape index (κ1) is 19.1. The molecule has 0 aromatic carbocycles. The van der Waals surface area contributed by atoms with Crippen molar-refractivity contribution in [1.29, 1.82) is 5.26 Å². The molecule has 0 bridgehead atoms. The molecule has 3 atom stereocenters. The van der Waals surface area contributed by atoms with E-state index >= 15 is 0 Å². The van der Waals surface area contributed by atoms with Crippen LogP contribution in [0.5, 0.6) is 0 Å². The van der Waals surface area contributed by atoms with Crippen LogP contribution in [0.3, 0.4) is 0 Å². The van der Waals surface area contributed by atoms with E-state index in [-0.39, 0.29) is 35.4 Å². The number of carbonyl (C=O) groups excluding carboxylic acids is 2. The van der Waals surface area contributed by atoms with Gasteiger partial charge in [0.1, 0.15) is 11.9 Å². The molecule has 1 saturated heterocycles.